The van der Waals surface area contributed by atoms with Gasteiger partial charge in [0.15, 0.2) is 0 Å². The second kappa shape index (κ2) is 8.87. The molecule has 0 aromatic carbocycles. The summed E-state index contributed by atoms with van der Waals surface area (Å²) in [5.74, 6) is 0.329. The van der Waals surface area contributed by atoms with Crippen molar-refractivity contribution in [1.29, 1.82) is 0 Å². The fourth-order valence-electron chi connectivity index (χ4n) is 1.45. The summed E-state index contributed by atoms with van der Waals surface area (Å²) >= 11 is 0. The third kappa shape index (κ3) is 5.66. The lowest BCUT2D eigenvalue weighted by atomic mass is 10.2. The first-order valence-electron chi connectivity index (χ1n) is 6.35. The van der Waals surface area contributed by atoms with Gasteiger partial charge in [0.2, 0.25) is 5.91 Å². The van der Waals surface area contributed by atoms with Crippen LogP contribution in [-0.4, -0.2) is 50.7 Å². The van der Waals surface area contributed by atoms with Gasteiger partial charge in [-0.05, 0) is 12.1 Å². The molecule has 0 saturated carbocycles. The average Bonchev–Trinajstić information content (AvgIpc) is 2.47. The summed E-state index contributed by atoms with van der Waals surface area (Å²) in [7, 11) is 3.32. The molecule has 0 fully saturated rings. The fourth-order valence-corrected chi connectivity index (χ4v) is 1.45. The number of pyridine rings is 1. The zero-order valence-electron chi connectivity index (χ0n) is 11.7. The smallest absolute Gasteiger partial charge is 0.252 e. The third-order valence-corrected chi connectivity index (χ3v) is 2.55. The van der Waals surface area contributed by atoms with Gasteiger partial charge in [0, 0.05) is 39.9 Å². The van der Waals surface area contributed by atoms with Gasteiger partial charge in [0.05, 0.1) is 12.2 Å². The molecule has 0 radical (unpaired) electrons. The highest BCUT2D eigenvalue weighted by Crippen LogP contribution is 2.03. The van der Waals surface area contributed by atoms with Gasteiger partial charge < -0.3 is 20.7 Å². The van der Waals surface area contributed by atoms with Gasteiger partial charge in [-0.15, -0.1) is 0 Å². The molecule has 3 N–H and O–H groups in total. The maximum atomic E-state index is 11.8. The molecule has 7 nitrogen and oxygen atoms in total. The molecule has 0 saturated heterocycles. The molecular weight excluding hydrogens is 260 g/mol. The molecule has 0 spiro atoms. The summed E-state index contributed by atoms with van der Waals surface area (Å²) in [4.78, 5) is 27.2. The van der Waals surface area contributed by atoms with E-state index in [0.717, 1.165) is 0 Å². The molecule has 1 rings (SSSR count). The van der Waals surface area contributed by atoms with Crippen LogP contribution in [0.3, 0.4) is 0 Å². The van der Waals surface area contributed by atoms with Crippen LogP contribution in [0.15, 0.2) is 18.3 Å². The average molecular weight is 280 g/mol. The zero-order chi connectivity index (χ0) is 14.8. The van der Waals surface area contributed by atoms with E-state index < -0.39 is 0 Å². The Morgan fingerprint density at radius 2 is 2.05 bits per heavy atom. The SMILES string of the molecule is CNc1ccc(C(=O)NCCC(=O)NCCOC)cn1. The Bertz CT molecular complexity index is 434. The number of anilines is 1. The van der Waals surface area contributed by atoms with Crippen LogP contribution in [0.25, 0.3) is 0 Å². The largest absolute Gasteiger partial charge is 0.383 e. The number of nitrogens with zero attached hydrogens (tertiary/aromatic N) is 1. The van der Waals surface area contributed by atoms with Crippen molar-refractivity contribution >= 4 is 17.6 Å². The number of carbonyl (C=O) groups excluding carboxylic acids is 2. The fraction of sp³-hybridized carbons (Fsp3) is 0.462. The Hall–Kier alpha value is -2.15. The highest BCUT2D eigenvalue weighted by atomic mass is 16.5. The van der Waals surface area contributed by atoms with Crippen LogP contribution in [-0.2, 0) is 9.53 Å². The Balaban J connectivity index is 2.27. The van der Waals surface area contributed by atoms with Gasteiger partial charge in [0.25, 0.3) is 5.91 Å². The van der Waals surface area contributed by atoms with Gasteiger partial charge in [-0.25, -0.2) is 4.98 Å². The molecule has 1 aromatic rings. The number of hydrogen-bond acceptors (Lipinski definition) is 5. The number of aromatic nitrogens is 1. The molecule has 0 aliphatic rings. The summed E-state index contributed by atoms with van der Waals surface area (Å²) in [6.07, 6.45) is 1.72. The lowest BCUT2D eigenvalue weighted by molar-refractivity contribution is -0.121. The normalized spacial score (nSPS) is 9.90. The molecule has 0 atom stereocenters. The summed E-state index contributed by atoms with van der Waals surface area (Å²) in [6, 6.07) is 3.39. The first-order valence-corrected chi connectivity index (χ1v) is 6.35. The summed E-state index contributed by atoms with van der Waals surface area (Å²) in [5, 5.41) is 8.21. The Labute approximate surface area is 118 Å². The molecule has 0 unspecified atom stereocenters. The first kappa shape index (κ1) is 15.9. The van der Waals surface area contributed by atoms with Gasteiger partial charge >= 0.3 is 0 Å². The van der Waals surface area contributed by atoms with Crippen molar-refractivity contribution in [2.24, 2.45) is 0 Å². The molecule has 0 bridgehead atoms. The minimum atomic E-state index is -0.246. The van der Waals surface area contributed by atoms with Crippen molar-refractivity contribution in [2.45, 2.75) is 6.42 Å². The van der Waals surface area contributed by atoms with Crippen LogP contribution in [0.1, 0.15) is 16.8 Å². The van der Waals surface area contributed by atoms with E-state index in [1.807, 2.05) is 0 Å². The van der Waals surface area contributed by atoms with Crippen LogP contribution in [0.2, 0.25) is 0 Å². The van der Waals surface area contributed by atoms with Crippen molar-refractivity contribution in [3.63, 3.8) is 0 Å². The second-order valence-electron chi connectivity index (χ2n) is 4.03. The van der Waals surface area contributed by atoms with E-state index in [-0.39, 0.29) is 24.8 Å². The maximum absolute atomic E-state index is 11.8. The lowest BCUT2D eigenvalue weighted by Crippen LogP contribution is -2.32. The molecule has 20 heavy (non-hydrogen) atoms. The topological polar surface area (TPSA) is 92.4 Å². The number of hydrogen-bond donors (Lipinski definition) is 3. The second-order valence-corrected chi connectivity index (χ2v) is 4.03. The molecular formula is C13H20N4O3. The number of ether oxygens (including phenoxy) is 1. The van der Waals surface area contributed by atoms with E-state index in [2.05, 4.69) is 20.9 Å². The summed E-state index contributed by atoms with van der Waals surface area (Å²) in [6.45, 7) is 1.23. The number of rotatable bonds is 8. The number of amides is 2. The quantitative estimate of drug-likeness (QED) is 0.583. The van der Waals surface area contributed by atoms with Crippen molar-refractivity contribution in [3.05, 3.63) is 23.9 Å². The van der Waals surface area contributed by atoms with E-state index in [0.29, 0.717) is 24.5 Å². The van der Waals surface area contributed by atoms with Gasteiger partial charge in [-0.3, -0.25) is 9.59 Å². The first-order chi connectivity index (χ1) is 9.67. The Morgan fingerprint density at radius 3 is 2.65 bits per heavy atom. The maximum Gasteiger partial charge on any atom is 0.252 e. The van der Waals surface area contributed by atoms with Crippen LogP contribution in [0.4, 0.5) is 5.82 Å². The highest BCUT2D eigenvalue weighted by Gasteiger charge is 2.06. The van der Waals surface area contributed by atoms with Crippen LogP contribution in [0.5, 0.6) is 0 Å². The van der Waals surface area contributed by atoms with Gasteiger partial charge in [-0.1, -0.05) is 0 Å². The molecule has 110 valence electrons. The van der Waals surface area contributed by atoms with E-state index in [1.165, 1.54) is 6.20 Å². The van der Waals surface area contributed by atoms with Crippen molar-refractivity contribution in [3.8, 4) is 0 Å². The van der Waals surface area contributed by atoms with Crippen LogP contribution >= 0.6 is 0 Å². The summed E-state index contributed by atoms with van der Waals surface area (Å²) < 4.78 is 4.82. The van der Waals surface area contributed by atoms with Gasteiger partial charge in [-0.2, -0.15) is 0 Å². The highest BCUT2D eigenvalue weighted by molar-refractivity contribution is 5.94. The lowest BCUT2D eigenvalue weighted by Gasteiger charge is -2.06. The third-order valence-electron chi connectivity index (χ3n) is 2.55. The van der Waals surface area contributed by atoms with E-state index in [1.54, 1.807) is 26.3 Å². The molecule has 1 heterocycles. The molecule has 2 amide bonds. The van der Waals surface area contributed by atoms with Crippen LogP contribution in [0, 0.1) is 0 Å². The van der Waals surface area contributed by atoms with Gasteiger partial charge in [0.1, 0.15) is 5.82 Å². The molecule has 1 aromatic heterocycles. The molecule has 0 aliphatic heterocycles. The predicted octanol–water partition coefficient (Wildman–Crippen LogP) is 0.00580. The van der Waals surface area contributed by atoms with Crippen molar-refractivity contribution in [2.75, 3.05) is 39.2 Å². The van der Waals surface area contributed by atoms with E-state index in [4.69, 9.17) is 4.74 Å². The van der Waals surface area contributed by atoms with Crippen molar-refractivity contribution < 1.29 is 14.3 Å². The zero-order valence-corrected chi connectivity index (χ0v) is 11.7. The summed E-state index contributed by atoms with van der Waals surface area (Å²) in [5.41, 5.74) is 0.462. The molecule has 0 aliphatic carbocycles. The Kier molecular flexibility index (Phi) is 7.05. The minimum Gasteiger partial charge on any atom is -0.383 e. The predicted molar refractivity (Wildman–Crippen MR) is 75.6 cm³/mol. The monoisotopic (exact) mass is 280 g/mol. The molecule has 7 heteroatoms. The van der Waals surface area contributed by atoms with Crippen LogP contribution < -0.4 is 16.0 Å². The number of nitrogens with one attached hydrogen (secondary N) is 3. The van der Waals surface area contributed by atoms with E-state index in [9.17, 15) is 9.59 Å². The van der Waals surface area contributed by atoms with E-state index >= 15 is 0 Å². The standard InChI is InChI=1S/C13H20N4O3/c1-14-11-4-3-10(9-17-11)13(19)16-6-5-12(18)15-7-8-20-2/h3-4,9H,5-8H2,1-2H3,(H,14,17)(H,15,18)(H,16,19). The van der Waals surface area contributed by atoms with Crippen molar-refractivity contribution in [1.82, 2.24) is 15.6 Å². The minimum absolute atomic E-state index is 0.119. The number of carbonyl (C=O) groups is 2. The number of methoxy groups -OCH3 is 1. The Morgan fingerprint density at radius 1 is 1.25 bits per heavy atom.